The van der Waals surface area contributed by atoms with Gasteiger partial charge in [0.15, 0.2) is 5.82 Å². The molecule has 1 heterocycles. The van der Waals surface area contributed by atoms with Gasteiger partial charge < -0.3 is 10.6 Å². The quantitative estimate of drug-likeness (QED) is 0.767. The Balaban J connectivity index is 3.05. The molecule has 2 N–H and O–H groups in total. The number of hydrogen-bond donors (Lipinski definition) is 1. The third kappa shape index (κ3) is 2.72. The number of hydrogen-bond acceptors (Lipinski definition) is 3. The van der Waals surface area contributed by atoms with Crippen LogP contribution in [0.1, 0.15) is 19.4 Å². The fourth-order valence-corrected chi connectivity index (χ4v) is 1.51. The van der Waals surface area contributed by atoms with Gasteiger partial charge in [0.05, 0.1) is 5.69 Å². The van der Waals surface area contributed by atoms with Crippen molar-refractivity contribution in [3.8, 4) is 0 Å². The Morgan fingerprint density at radius 3 is 2.73 bits per heavy atom. The highest BCUT2D eigenvalue weighted by Gasteiger charge is 2.13. The molecule has 0 radical (unpaired) electrons. The first-order valence-corrected chi connectivity index (χ1v) is 5.16. The van der Waals surface area contributed by atoms with Crippen LogP contribution in [0.25, 0.3) is 0 Å². The summed E-state index contributed by atoms with van der Waals surface area (Å²) in [5.74, 6) is 0.843. The van der Waals surface area contributed by atoms with Gasteiger partial charge in [-0.1, -0.05) is 6.08 Å². The topological polar surface area (TPSA) is 42.2 Å². The SMILES string of the molecule is C=CCN(c1ncc(C)cc1N)C(C)C. The van der Waals surface area contributed by atoms with Crippen LogP contribution in [0.2, 0.25) is 0 Å². The molecule has 1 rings (SSSR count). The van der Waals surface area contributed by atoms with Crippen LogP contribution in [0.4, 0.5) is 11.5 Å². The molecule has 0 spiro atoms. The number of rotatable bonds is 4. The molecule has 3 nitrogen and oxygen atoms in total. The highest BCUT2D eigenvalue weighted by molar-refractivity contribution is 5.63. The zero-order valence-electron chi connectivity index (χ0n) is 9.70. The van der Waals surface area contributed by atoms with Gasteiger partial charge in [-0.05, 0) is 32.4 Å². The molecule has 0 aromatic carbocycles. The summed E-state index contributed by atoms with van der Waals surface area (Å²) in [6.45, 7) is 10.7. The van der Waals surface area contributed by atoms with Gasteiger partial charge in [0.2, 0.25) is 0 Å². The van der Waals surface area contributed by atoms with Crippen molar-refractivity contribution in [3.63, 3.8) is 0 Å². The summed E-state index contributed by atoms with van der Waals surface area (Å²) in [6, 6.07) is 2.31. The second-order valence-electron chi connectivity index (χ2n) is 3.96. The Kier molecular flexibility index (Phi) is 3.72. The van der Waals surface area contributed by atoms with E-state index in [1.807, 2.05) is 25.3 Å². The third-order valence-corrected chi connectivity index (χ3v) is 2.25. The number of anilines is 2. The molecule has 0 saturated heterocycles. The molecule has 0 saturated carbocycles. The normalized spacial score (nSPS) is 10.4. The summed E-state index contributed by atoms with van der Waals surface area (Å²) in [5.41, 5.74) is 7.76. The van der Waals surface area contributed by atoms with E-state index in [-0.39, 0.29) is 0 Å². The van der Waals surface area contributed by atoms with E-state index < -0.39 is 0 Å². The first kappa shape index (κ1) is 11.6. The average molecular weight is 205 g/mol. The molecule has 0 amide bonds. The zero-order chi connectivity index (χ0) is 11.4. The fourth-order valence-electron chi connectivity index (χ4n) is 1.51. The molecule has 1 aromatic heterocycles. The predicted molar refractivity (Wildman–Crippen MR) is 66.1 cm³/mol. The molecular weight excluding hydrogens is 186 g/mol. The molecule has 0 bridgehead atoms. The van der Waals surface area contributed by atoms with Crippen LogP contribution in [-0.4, -0.2) is 17.6 Å². The van der Waals surface area contributed by atoms with E-state index in [0.717, 1.165) is 23.6 Å². The number of aromatic nitrogens is 1. The summed E-state index contributed by atoms with van der Waals surface area (Å²) in [6.07, 6.45) is 3.70. The van der Waals surface area contributed by atoms with Gasteiger partial charge in [-0.25, -0.2) is 4.98 Å². The van der Waals surface area contributed by atoms with Crippen molar-refractivity contribution in [2.24, 2.45) is 0 Å². The predicted octanol–water partition coefficient (Wildman–Crippen LogP) is 2.37. The van der Waals surface area contributed by atoms with Crippen molar-refractivity contribution in [3.05, 3.63) is 30.5 Å². The maximum Gasteiger partial charge on any atom is 0.152 e. The minimum Gasteiger partial charge on any atom is -0.396 e. The Morgan fingerprint density at radius 2 is 2.27 bits per heavy atom. The molecule has 0 aliphatic heterocycles. The summed E-state index contributed by atoms with van der Waals surface area (Å²) in [4.78, 5) is 6.50. The maximum absolute atomic E-state index is 5.95. The van der Waals surface area contributed by atoms with Crippen LogP contribution in [0.5, 0.6) is 0 Å². The molecule has 15 heavy (non-hydrogen) atoms. The molecule has 1 aromatic rings. The summed E-state index contributed by atoms with van der Waals surface area (Å²) < 4.78 is 0. The lowest BCUT2D eigenvalue weighted by Gasteiger charge is -2.27. The van der Waals surface area contributed by atoms with Gasteiger partial charge >= 0.3 is 0 Å². The van der Waals surface area contributed by atoms with Gasteiger partial charge in [0.25, 0.3) is 0 Å². The number of pyridine rings is 1. The van der Waals surface area contributed by atoms with Crippen LogP contribution in [0, 0.1) is 6.92 Å². The lowest BCUT2D eigenvalue weighted by atomic mass is 10.2. The molecule has 82 valence electrons. The van der Waals surface area contributed by atoms with E-state index in [2.05, 4.69) is 30.3 Å². The van der Waals surface area contributed by atoms with E-state index >= 15 is 0 Å². The van der Waals surface area contributed by atoms with E-state index in [1.54, 1.807) is 0 Å². The van der Waals surface area contributed by atoms with E-state index in [0.29, 0.717) is 6.04 Å². The van der Waals surface area contributed by atoms with Crippen molar-refractivity contribution in [2.45, 2.75) is 26.8 Å². The number of nitrogen functional groups attached to an aromatic ring is 1. The lowest BCUT2D eigenvalue weighted by molar-refractivity contribution is 0.713. The fraction of sp³-hybridized carbons (Fsp3) is 0.417. The van der Waals surface area contributed by atoms with Crippen LogP contribution in [0.3, 0.4) is 0 Å². The zero-order valence-corrected chi connectivity index (χ0v) is 9.70. The van der Waals surface area contributed by atoms with Gasteiger partial charge in [0.1, 0.15) is 0 Å². The monoisotopic (exact) mass is 205 g/mol. The van der Waals surface area contributed by atoms with Gasteiger partial charge in [-0.15, -0.1) is 6.58 Å². The number of aryl methyl sites for hydroxylation is 1. The average Bonchev–Trinajstić information content (AvgIpc) is 2.15. The van der Waals surface area contributed by atoms with Crippen molar-refractivity contribution < 1.29 is 0 Å². The van der Waals surface area contributed by atoms with Gasteiger partial charge in [-0.2, -0.15) is 0 Å². The van der Waals surface area contributed by atoms with E-state index in [9.17, 15) is 0 Å². The van der Waals surface area contributed by atoms with Crippen LogP contribution in [0.15, 0.2) is 24.9 Å². The number of nitrogens with two attached hydrogens (primary N) is 1. The minimum absolute atomic E-state index is 0.362. The van der Waals surface area contributed by atoms with Crippen molar-refractivity contribution in [2.75, 3.05) is 17.2 Å². The Bertz CT molecular complexity index is 345. The lowest BCUT2D eigenvalue weighted by Crippen LogP contribution is -2.32. The largest absolute Gasteiger partial charge is 0.396 e. The van der Waals surface area contributed by atoms with Crippen molar-refractivity contribution >= 4 is 11.5 Å². The van der Waals surface area contributed by atoms with E-state index in [1.165, 1.54) is 0 Å². The second-order valence-corrected chi connectivity index (χ2v) is 3.96. The standard InChI is InChI=1S/C12H19N3/c1-5-6-15(9(2)3)12-11(13)7-10(4)8-14-12/h5,7-9H,1,6,13H2,2-4H3. The molecular formula is C12H19N3. The van der Waals surface area contributed by atoms with Crippen LogP contribution < -0.4 is 10.6 Å². The number of nitrogens with zero attached hydrogens (tertiary/aromatic N) is 2. The smallest absolute Gasteiger partial charge is 0.152 e. The highest BCUT2D eigenvalue weighted by atomic mass is 15.2. The Morgan fingerprint density at radius 1 is 1.60 bits per heavy atom. The Hall–Kier alpha value is -1.51. The second kappa shape index (κ2) is 4.82. The first-order valence-electron chi connectivity index (χ1n) is 5.16. The Labute approximate surface area is 91.6 Å². The highest BCUT2D eigenvalue weighted by Crippen LogP contribution is 2.22. The van der Waals surface area contributed by atoms with Crippen molar-refractivity contribution in [1.82, 2.24) is 4.98 Å². The van der Waals surface area contributed by atoms with Crippen molar-refractivity contribution in [1.29, 1.82) is 0 Å². The van der Waals surface area contributed by atoms with E-state index in [4.69, 9.17) is 5.73 Å². The minimum atomic E-state index is 0.362. The third-order valence-electron chi connectivity index (χ3n) is 2.25. The van der Waals surface area contributed by atoms with Gasteiger partial charge in [-0.3, -0.25) is 0 Å². The molecule has 0 aliphatic rings. The summed E-state index contributed by atoms with van der Waals surface area (Å²) >= 11 is 0. The molecule has 0 fully saturated rings. The maximum atomic E-state index is 5.95. The van der Waals surface area contributed by atoms with Crippen LogP contribution in [-0.2, 0) is 0 Å². The molecule has 3 heteroatoms. The summed E-state index contributed by atoms with van der Waals surface area (Å²) in [5, 5.41) is 0. The van der Waals surface area contributed by atoms with Crippen LogP contribution >= 0.6 is 0 Å². The molecule has 0 unspecified atom stereocenters. The summed E-state index contributed by atoms with van der Waals surface area (Å²) in [7, 11) is 0. The first-order chi connectivity index (χ1) is 7.06. The molecule has 0 atom stereocenters. The molecule has 0 aliphatic carbocycles. The van der Waals surface area contributed by atoms with Gasteiger partial charge in [0, 0.05) is 18.8 Å².